The first-order chi connectivity index (χ1) is 13.8. The summed E-state index contributed by atoms with van der Waals surface area (Å²) in [7, 11) is -3.76. The summed E-state index contributed by atoms with van der Waals surface area (Å²) in [4.78, 5) is 10.7. The maximum atomic E-state index is 12.9. The highest BCUT2D eigenvalue weighted by Gasteiger charge is 2.23. The van der Waals surface area contributed by atoms with Crippen LogP contribution in [0.1, 0.15) is 62.6 Å². The number of carboxylic acids is 1. The Morgan fingerprint density at radius 1 is 1.07 bits per heavy atom. The van der Waals surface area contributed by atoms with Gasteiger partial charge in [0.2, 0.25) is 10.0 Å². The average molecular weight is 438 g/mol. The second-order valence-corrected chi connectivity index (χ2v) is 9.18. The van der Waals surface area contributed by atoms with E-state index in [9.17, 15) is 13.2 Å². The lowest BCUT2D eigenvalue weighted by molar-refractivity contribution is -0.137. The van der Waals surface area contributed by atoms with Gasteiger partial charge >= 0.3 is 5.97 Å². The first-order valence-corrected chi connectivity index (χ1v) is 11.8. The molecule has 7 heteroatoms. The van der Waals surface area contributed by atoms with Crippen LogP contribution < -0.4 is 4.72 Å². The largest absolute Gasteiger partial charge is 0.481 e. The maximum Gasteiger partial charge on any atom is 0.303 e. The predicted molar refractivity (Wildman–Crippen MR) is 116 cm³/mol. The van der Waals surface area contributed by atoms with Crippen molar-refractivity contribution in [2.75, 3.05) is 0 Å². The Bertz CT molecular complexity index is 897. The second kappa shape index (κ2) is 11.3. The number of aliphatic carboxylic acids is 1. The predicted octanol–water partition coefficient (Wildman–Crippen LogP) is 5.35. The average Bonchev–Trinajstić information content (AvgIpc) is 2.68. The summed E-state index contributed by atoms with van der Waals surface area (Å²) < 4.78 is 28.6. The molecule has 0 fully saturated rings. The highest BCUT2D eigenvalue weighted by Crippen LogP contribution is 2.26. The standard InChI is InChI=1S/C22H28ClNO4S/c1-2-3-4-10-20(24-29(27,28)21-11-6-5-9-19(21)23)18-15-13-17(14-16-18)8-7-12-22(25)26/h5-6,9,11,13-16,20,24H,2-4,7-8,10,12H2,1H3,(H,25,26). The molecular formula is C22H28ClNO4S. The van der Waals surface area contributed by atoms with Crippen molar-refractivity contribution < 1.29 is 18.3 Å². The topological polar surface area (TPSA) is 83.5 Å². The number of hydrogen-bond donors (Lipinski definition) is 2. The number of unbranched alkanes of at least 4 members (excludes halogenated alkanes) is 2. The minimum absolute atomic E-state index is 0.0763. The zero-order valence-corrected chi connectivity index (χ0v) is 18.2. The van der Waals surface area contributed by atoms with Gasteiger partial charge in [-0.1, -0.05) is 74.2 Å². The summed E-state index contributed by atoms with van der Waals surface area (Å²) in [5, 5.41) is 8.95. The summed E-state index contributed by atoms with van der Waals surface area (Å²) in [6, 6.07) is 13.8. The van der Waals surface area contributed by atoms with Crippen LogP contribution in [-0.4, -0.2) is 19.5 Å². The van der Waals surface area contributed by atoms with E-state index in [1.807, 2.05) is 24.3 Å². The number of sulfonamides is 1. The minimum Gasteiger partial charge on any atom is -0.481 e. The van der Waals surface area contributed by atoms with E-state index in [-0.39, 0.29) is 22.4 Å². The fourth-order valence-electron chi connectivity index (χ4n) is 3.17. The molecule has 0 spiro atoms. The van der Waals surface area contributed by atoms with Crippen LogP contribution in [0.4, 0.5) is 0 Å². The highest BCUT2D eigenvalue weighted by molar-refractivity contribution is 7.89. The van der Waals surface area contributed by atoms with E-state index in [4.69, 9.17) is 16.7 Å². The second-order valence-electron chi connectivity index (χ2n) is 7.09. The third kappa shape index (κ3) is 7.46. The lowest BCUT2D eigenvalue weighted by atomic mass is 9.99. The van der Waals surface area contributed by atoms with Crippen molar-refractivity contribution in [3.8, 4) is 0 Å². The van der Waals surface area contributed by atoms with Gasteiger partial charge in [-0.2, -0.15) is 0 Å². The van der Waals surface area contributed by atoms with Crippen LogP contribution in [0.3, 0.4) is 0 Å². The Morgan fingerprint density at radius 2 is 1.76 bits per heavy atom. The molecule has 0 aliphatic carbocycles. The van der Waals surface area contributed by atoms with Crippen molar-refractivity contribution in [2.45, 2.75) is 62.8 Å². The molecule has 2 aromatic rings. The van der Waals surface area contributed by atoms with Gasteiger partial charge in [0.05, 0.1) is 5.02 Å². The lowest BCUT2D eigenvalue weighted by Crippen LogP contribution is -2.29. The zero-order valence-electron chi connectivity index (χ0n) is 16.6. The van der Waals surface area contributed by atoms with Crippen LogP contribution in [0, 0.1) is 0 Å². The van der Waals surface area contributed by atoms with Gasteiger partial charge in [0.15, 0.2) is 0 Å². The number of aryl methyl sites for hydroxylation is 1. The molecule has 0 bridgehead atoms. The molecule has 5 nitrogen and oxygen atoms in total. The van der Waals surface area contributed by atoms with Crippen molar-refractivity contribution in [2.24, 2.45) is 0 Å². The van der Waals surface area contributed by atoms with Gasteiger partial charge in [-0.25, -0.2) is 13.1 Å². The number of carbonyl (C=O) groups is 1. The van der Waals surface area contributed by atoms with Gasteiger partial charge in [-0.05, 0) is 42.5 Å². The molecule has 29 heavy (non-hydrogen) atoms. The van der Waals surface area contributed by atoms with E-state index in [1.54, 1.807) is 18.2 Å². The Hall–Kier alpha value is -1.89. The fraction of sp³-hybridized carbons (Fsp3) is 0.409. The normalized spacial score (nSPS) is 12.6. The molecule has 2 N–H and O–H groups in total. The molecule has 0 aliphatic rings. The van der Waals surface area contributed by atoms with Gasteiger partial charge in [0.25, 0.3) is 0 Å². The SMILES string of the molecule is CCCCCC(NS(=O)(=O)c1ccccc1Cl)c1ccc(CCCC(=O)O)cc1. The molecule has 2 rings (SSSR count). The molecule has 0 aromatic heterocycles. The van der Waals surface area contributed by atoms with Gasteiger partial charge in [0, 0.05) is 12.5 Å². The molecule has 0 saturated heterocycles. The molecule has 1 unspecified atom stereocenters. The van der Waals surface area contributed by atoms with E-state index in [2.05, 4.69) is 11.6 Å². The number of hydrogen-bond acceptors (Lipinski definition) is 3. The van der Waals surface area contributed by atoms with Gasteiger partial charge < -0.3 is 5.11 Å². The minimum atomic E-state index is -3.76. The van der Waals surface area contributed by atoms with E-state index in [0.29, 0.717) is 19.3 Å². The quantitative estimate of drug-likeness (QED) is 0.438. The molecule has 0 saturated carbocycles. The molecule has 0 amide bonds. The van der Waals surface area contributed by atoms with E-state index >= 15 is 0 Å². The molecule has 0 radical (unpaired) electrons. The number of benzene rings is 2. The lowest BCUT2D eigenvalue weighted by Gasteiger charge is -2.20. The monoisotopic (exact) mass is 437 g/mol. The summed E-state index contributed by atoms with van der Waals surface area (Å²) in [5.41, 5.74) is 1.93. The smallest absolute Gasteiger partial charge is 0.303 e. The molecular weight excluding hydrogens is 410 g/mol. The summed E-state index contributed by atoms with van der Waals surface area (Å²) in [5.74, 6) is -0.799. The van der Waals surface area contributed by atoms with Crippen LogP contribution in [-0.2, 0) is 21.2 Å². The van der Waals surface area contributed by atoms with Gasteiger partial charge in [-0.15, -0.1) is 0 Å². The molecule has 0 aliphatic heterocycles. The van der Waals surface area contributed by atoms with Crippen LogP contribution in [0.15, 0.2) is 53.4 Å². The Morgan fingerprint density at radius 3 is 2.38 bits per heavy atom. The number of nitrogens with one attached hydrogen (secondary N) is 1. The van der Waals surface area contributed by atoms with Crippen LogP contribution in [0.5, 0.6) is 0 Å². The van der Waals surface area contributed by atoms with Crippen molar-refractivity contribution >= 4 is 27.6 Å². The highest BCUT2D eigenvalue weighted by atomic mass is 35.5. The molecule has 1 atom stereocenters. The number of rotatable bonds is 12. The Kier molecular flexibility index (Phi) is 9.14. The van der Waals surface area contributed by atoms with Gasteiger partial charge in [-0.3, -0.25) is 4.79 Å². The third-order valence-corrected chi connectivity index (χ3v) is 6.73. The first-order valence-electron chi connectivity index (χ1n) is 9.91. The Balaban J connectivity index is 2.17. The summed E-state index contributed by atoms with van der Waals surface area (Å²) >= 11 is 6.10. The maximum absolute atomic E-state index is 12.9. The van der Waals surface area contributed by atoms with Crippen molar-refractivity contribution in [1.29, 1.82) is 0 Å². The van der Waals surface area contributed by atoms with Crippen molar-refractivity contribution in [3.05, 3.63) is 64.7 Å². The number of carboxylic acid groups (broad SMARTS) is 1. The van der Waals surface area contributed by atoms with Crippen molar-refractivity contribution in [3.63, 3.8) is 0 Å². The van der Waals surface area contributed by atoms with Crippen molar-refractivity contribution in [1.82, 2.24) is 4.72 Å². The molecule has 158 valence electrons. The van der Waals surface area contributed by atoms with E-state index < -0.39 is 16.0 Å². The number of halogens is 1. The molecule has 0 heterocycles. The third-order valence-electron chi connectivity index (χ3n) is 4.76. The first kappa shape index (κ1) is 23.4. The van der Waals surface area contributed by atoms with Crippen LogP contribution >= 0.6 is 11.6 Å². The van der Waals surface area contributed by atoms with E-state index in [0.717, 1.165) is 30.4 Å². The Labute approximate surface area is 178 Å². The van der Waals surface area contributed by atoms with Gasteiger partial charge in [0.1, 0.15) is 4.90 Å². The zero-order chi connectivity index (χ0) is 21.3. The summed E-state index contributed by atoms with van der Waals surface area (Å²) in [6.45, 7) is 2.11. The van der Waals surface area contributed by atoms with E-state index in [1.165, 1.54) is 6.07 Å². The van der Waals surface area contributed by atoms with Crippen LogP contribution in [0.25, 0.3) is 0 Å². The summed E-state index contributed by atoms with van der Waals surface area (Å²) in [6.07, 6.45) is 5.07. The van der Waals surface area contributed by atoms with Crippen LogP contribution in [0.2, 0.25) is 5.02 Å². The fourth-order valence-corrected chi connectivity index (χ4v) is 4.94. The molecule has 2 aromatic carbocycles.